The Morgan fingerprint density at radius 2 is 1.81 bits per heavy atom. The lowest BCUT2D eigenvalue weighted by Gasteiger charge is -2.19. The number of nitrogens with zero attached hydrogens (tertiary/aromatic N) is 2. The zero-order valence-electron chi connectivity index (χ0n) is 17.3. The minimum absolute atomic E-state index is 0.167. The number of hydrogen-bond acceptors (Lipinski definition) is 6. The lowest BCUT2D eigenvalue weighted by Crippen LogP contribution is -2.12. The van der Waals surface area contributed by atoms with Gasteiger partial charge in [0.05, 0.1) is 22.6 Å². The van der Waals surface area contributed by atoms with E-state index in [1.54, 1.807) is 49.6 Å². The Hall–Kier alpha value is -4.00. The van der Waals surface area contributed by atoms with Gasteiger partial charge in [-0.15, -0.1) is 0 Å². The van der Waals surface area contributed by atoms with E-state index >= 15 is 0 Å². The van der Waals surface area contributed by atoms with Crippen LogP contribution in [0.25, 0.3) is 22.3 Å². The van der Waals surface area contributed by atoms with Crippen molar-refractivity contribution in [1.29, 1.82) is 0 Å². The highest BCUT2D eigenvalue weighted by molar-refractivity contribution is 5.94. The zero-order valence-corrected chi connectivity index (χ0v) is 17.3. The predicted molar refractivity (Wildman–Crippen MR) is 118 cm³/mol. The van der Waals surface area contributed by atoms with Crippen LogP contribution in [0.15, 0.2) is 64.1 Å². The third-order valence-electron chi connectivity index (χ3n) is 5.06. The summed E-state index contributed by atoms with van der Waals surface area (Å²) >= 11 is 0. The summed E-state index contributed by atoms with van der Waals surface area (Å²) in [5, 5.41) is 13.2. The fourth-order valence-electron chi connectivity index (χ4n) is 3.52. The average molecular weight is 415 g/mol. The molecule has 4 aromatic rings. The molecule has 0 amide bonds. The first kappa shape index (κ1) is 20.3. The first-order chi connectivity index (χ1) is 14.8. The lowest BCUT2D eigenvalue weighted by molar-refractivity contribution is 0.0698. The maximum Gasteiger partial charge on any atom is 0.337 e. The molecule has 0 saturated heterocycles. The number of carboxylic acids is 1. The predicted octanol–water partition coefficient (Wildman–Crippen LogP) is 4.74. The van der Waals surface area contributed by atoms with E-state index in [0.717, 1.165) is 11.1 Å². The summed E-state index contributed by atoms with van der Waals surface area (Å²) in [4.78, 5) is 32.8. The molecule has 7 nitrogen and oxygen atoms in total. The van der Waals surface area contributed by atoms with Crippen molar-refractivity contribution in [2.75, 3.05) is 5.32 Å². The van der Waals surface area contributed by atoms with Gasteiger partial charge in [-0.05, 0) is 44.5 Å². The van der Waals surface area contributed by atoms with Gasteiger partial charge >= 0.3 is 5.97 Å². The molecule has 0 bridgehead atoms. The quantitative estimate of drug-likeness (QED) is 0.485. The van der Waals surface area contributed by atoms with Gasteiger partial charge in [0, 0.05) is 29.7 Å². The molecule has 0 aliphatic carbocycles. The van der Waals surface area contributed by atoms with Crippen molar-refractivity contribution in [3.8, 4) is 11.3 Å². The van der Waals surface area contributed by atoms with Crippen molar-refractivity contribution in [1.82, 2.24) is 9.97 Å². The van der Waals surface area contributed by atoms with Gasteiger partial charge in [0.15, 0.2) is 5.43 Å². The average Bonchev–Trinajstić information content (AvgIpc) is 2.74. The first-order valence-corrected chi connectivity index (χ1v) is 9.80. The van der Waals surface area contributed by atoms with Crippen LogP contribution in [0.2, 0.25) is 0 Å². The van der Waals surface area contributed by atoms with Crippen molar-refractivity contribution in [2.24, 2.45) is 0 Å². The van der Waals surface area contributed by atoms with Gasteiger partial charge in [0.25, 0.3) is 0 Å². The molecule has 2 N–H and O–H groups in total. The Morgan fingerprint density at radius 1 is 1.10 bits per heavy atom. The molecule has 2 aromatic carbocycles. The molecule has 0 aliphatic heterocycles. The summed E-state index contributed by atoms with van der Waals surface area (Å²) in [5.41, 5.74) is 3.20. The van der Waals surface area contributed by atoms with Gasteiger partial charge in [-0.25, -0.2) is 14.8 Å². The second-order valence-corrected chi connectivity index (χ2v) is 7.44. The number of anilines is 1. The Kier molecular flexibility index (Phi) is 5.25. The van der Waals surface area contributed by atoms with Gasteiger partial charge in [0.2, 0.25) is 0 Å². The molecule has 156 valence electrons. The van der Waals surface area contributed by atoms with E-state index in [1.165, 1.54) is 6.07 Å². The fraction of sp³-hybridized carbons (Fsp3) is 0.167. The highest BCUT2D eigenvalue weighted by atomic mass is 16.4. The van der Waals surface area contributed by atoms with Crippen molar-refractivity contribution in [3.63, 3.8) is 0 Å². The Bertz CT molecular complexity index is 1340. The van der Waals surface area contributed by atoms with Crippen LogP contribution in [-0.2, 0) is 0 Å². The van der Waals surface area contributed by atoms with Crippen LogP contribution in [0.1, 0.15) is 40.3 Å². The minimum atomic E-state index is -1.02. The summed E-state index contributed by atoms with van der Waals surface area (Å²) in [7, 11) is 0. The number of aromatic nitrogens is 2. The summed E-state index contributed by atoms with van der Waals surface area (Å²) < 4.78 is 6.15. The van der Waals surface area contributed by atoms with Crippen molar-refractivity contribution in [2.45, 2.75) is 26.8 Å². The summed E-state index contributed by atoms with van der Waals surface area (Å²) in [6.45, 7) is 5.58. The Morgan fingerprint density at radius 3 is 2.52 bits per heavy atom. The molecule has 0 spiro atoms. The lowest BCUT2D eigenvalue weighted by atomic mass is 10.0. The first-order valence-electron chi connectivity index (χ1n) is 9.80. The largest absolute Gasteiger partial charge is 0.478 e. The molecule has 4 rings (SSSR count). The van der Waals surface area contributed by atoms with E-state index in [1.807, 2.05) is 19.9 Å². The van der Waals surface area contributed by atoms with Crippen molar-refractivity contribution < 1.29 is 14.3 Å². The molecule has 0 fully saturated rings. The number of hydrogen-bond donors (Lipinski definition) is 2. The number of fused-ring (bicyclic) bond motifs is 1. The van der Waals surface area contributed by atoms with Gasteiger partial charge in [0.1, 0.15) is 17.2 Å². The van der Waals surface area contributed by atoms with Crippen LogP contribution < -0.4 is 10.7 Å². The third-order valence-corrected chi connectivity index (χ3v) is 5.06. The minimum Gasteiger partial charge on any atom is -0.478 e. The number of para-hydroxylation sites is 1. The van der Waals surface area contributed by atoms with Crippen molar-refractivity contribution >= 4 is 22.6 Å². The molecule has 1 atom stereocenters. The van der Waals surface area contributed by atoms with E-state index in [2.05, 4.69) is 15.3 Å². The van der Waals surface area contributed by atoms with Crippen LogP contribution >= 0.6 is 0 Å². The normalized spacial score (nSPS) is 12.0. The fourth-order valence-corrected chi connectivity index (χ4v) is 3.52. The maximum absolute atomic E-state index is 12.9. The second kappa shape index (κ2) is 8.02. The van der Waals surface area contributed by atoms with Crippen LogP contribution in [0.3, 0.4) is 0 Å². The topological polar surface area (TPSA) is 105 Å². The summed E-state index contributed by atoms with van der Waals surface area (Å²) in [5.74, 6) is -0.0172. The van der Waals surface area contributed by atoms with E-state index < -0.39 is 5.97 Å². The Balaban J connectivity index is 1.84. The SMILES string of the molecule is Cc1cc(C(C)Nc2ccccc2C(=O)O)c2oc(-c3cnc(C)nc3)cc(=O)c2c1. The number of rotatable bonds is 5. The zero-order chi connectivity index (χ0) is 22.1. The van der Waals surface area contributed by atoms with Crippen LogP contribution in [-0.4, -0.2) is 21.0 Å². The van der Waals surface area contributed by atoms with E-state index in [0.29, 0.717) is 33.8 Å². The van der Waals surface area contributed by atoms with E-state index in [4.69, 9.17) is 4.42 Å². The maximum atomic E-state index is 12.9. The second-order valence-electron chi connectivity index (χ2n) is 7.44. The molecule has 1 unspecified atom stereocenters. The van der Waals surface area contributed by atoms with Gasteiger partial charge < -0.3 is 14.8 Å². The molecule has 0 aliphatic rings. The Labute approximate surface area is 178 Å². The summed E-state index contributed by atoms with van der Waals surface area (Å²) in [6.07, 6.45) is 3.23. The monoisotopic (exact) mass is 415 g/mol. The molecule has 0 saturated carbocycles. The molecule has 0 radical (unpaired) electrons. The smallest absolute Gasteiger partial charge is 0.337 e. The number of nitrogens with one attached hydrogen (secondary N) is 1. The van der Waals surface area contributed by atoms with Gasteiger partial charge in [-0.3, -0.25) is 4.79 Å². The number of carbonyl (C=O) groups is 1. The standard InChI is InChI=1S/C24H21N3O4/c1-13-8-18(14(2)27-20-7-5-4-6-17(20)24(29)30)23-19(9-13)21(28)10-22(31-23)16-11-25-15(3)26-12-16/h4-12,14,27H,1-3H3,(H,29,30). The summed E-state index contributed by atoms with van der Waals surface area (Å²) in [6, 6.07) is 11.5. The number of aromatic carboxylic acids is 1. The van der Waals surface area contributed by atoms with E-state index in [-0.39, 0.29) is 17.0 Å². The van der Waals surface area contributed by atoms with Crippen molar-refractivity contribution in [3.05, 3.63) is 87.6 Å². The number of benzene rings is 2. The molecule has 2 aromatic heterocycles. The highest BCUT2D eigenvalue weighted by Gasteiger charge is 2.18. The van der Waals surface area contributed by atoms with E-state index in [9.17, 15) is 14.7 Å². The highest BCUT2D eigenvalue weighted by Crippen LogP contribution is 2.31. The van der Waals surface area contributed by atoms with Gasteiger partial charge in [-0.2, -0.15) is 0 Å². The number of aryl methyl sites for hydroxylation is 2. The molecule has 31 heavy (non-hydrogen) atoms. The van der Waals surface area contributed by atoms with Crippen LogP contribution in [0, 0.1) is 13.8 Å². The molecule has 7 heteroatoms. The number of carboxylic acid groups (broad SMARTS) is 1. The molecular formula is C24H21N3O4. The van der Waals surface area contributed by atoms with Crippen LogP contribution in [0.4, 0.5) is 5.69 Å². The van der Waals surface area contributed by atoms with Crippen LogP contribution in [0.5, 0.6) is 0 Å². The van der Waals surface area contributed by atoms with Gasteiger partial charge in [-0.1, -0.05) is 18.2 Å². The molecular weight excluding hydrogens is 394 g/mol. The molecule has 2 heterocycles. The third kappa shape index (κ3) is 4.02.